The summed E-state index contributed by atoms with van der Waals surface area (Å²) in [6.45, 7) is 3.79. The maximum atomic E-state index is 12.3. The highest BCUT2D eigenvalue weighted by molar-refractivity contribution is 5.77. The van der Waals surface area contributed by atoms with Crippen LogP contribution in [0.2, 0.25) is 0 Å². The molecule has 1 aromatic rings. The van der Waals surface area contributed by atoms with Gasteiger partial charge in [0.1, 0.15) is 0 Å². The Morgan fingerprint density at radius 3 is 2.84 bits per heavy atom. The monoisotopic (exact) mass is 262 g/mol. The van der Waals surface area contributed by atoms with Crippen LogP contribution >= 0.6 is 0 Å². The van der Waals surface area contributed by atoms with E-state index in [0.717, 1.165) is 12.0 Å². The van der Waals surface area contributed by atoms with Crippen LogP contribution in [0.25, 0.3) is 0 Å². The molecule has 1 saturated heterocycles. The summed E-state index contributed by atoms with van der Waals surface area (Å²) in [5, 5.41) is 0. The fraction of sp³-hybridized carbons (Fsp3) is 0.533. The highest BCUT2D eigenvalue weighted by Gasteiger charge is 2.30. The molecule has 19 heavy (non-hydrogen) atoms. The van der Waals surface area contributed by atoms with E-state index in [2.05, 4.69) is 0 Å². The first kappa shape index (κ1) is 14.0. The molecular weight excluding hydrogens is 240 g/mol. The van der Waals surface area contributed by atoms with Gasteiger partial charge in [0, 0.05) is 13.0 Å². The summed E-state index contributed by atoms with van der Waals surface area (Å²) in [4.78, 5) is 14.2. The predicted molar refractivity (Wildman–Crippen MR) is 74.6 cm³/mol. The number of hydrogen-bond acceptors (Lipinski definition) is 3. The Bertz CT molecular complexity index is 408. The second-order valence-corrected chi connectivity index (χ2v) is 5.01. The number of nitrogens with zero attached hydrogens (tertiary/aromatic N) is 1. The van der Waals surface area contributed by atoms with Gasteiger partial charge in [-0.2, -0.15) is 0 Å². The molecule has 1 amide bonds. The van der Waals surface area contributed by atoms with Crippen LogP contribution in [0.3, 0.4) is 0 Å². The Hall–Kier alpha value is -1.39. The topological polar surface area (TPSA) is 55.6 Å². The second-order valence-electron chi connectivity index (χ2n) is 5.01. The molecule has 1 aliphatic rings. The summed E-state index contributed by atoms with van der Waals surface area (Å²) in [7, 11) is 0. The number of carbonyl (C=O) groups is 1. The predicted octanol–water partition coefficient (Wildman–Crippen LogP) is 1.71. The zero-order valence-electron chi connectivity index (χ0n) is 11.4. The fourth-order valence-corrected chi connectivity index (χ4v) is 2.43. The number of morpholine rings is 1. The van der Waals surface area contributed by atoms with Gasteiger partial charge in [-0.1, -0.05) is 30.3 Å². The molecule has 0 aromatic heterocycles. The molecule has 104 valence electrons. The van der Waals surface area contributed by atoms with Crippen LogP contribution in [0.5, 0.6) is 0 Å². The standard InChI is InChI=1S/C15H22N2O2/c1-12-10-17(15(18)8-5-9-16)14(11-19-12)13-6-3-2-4-7-13/h2-4,6-7,12,14H,5,8-11,16H2,1H3. The highest BCUT2D eigenvalue weighted by atomic mass is 16.5. The lowest BCUT2D eigenvalue weighted by atomic mass is 10.0. The van der Waals surface area contributed by atoms with Crippen molar-refractivity contribution >= 4 is 5.91 Å². The van der Waals surface area contributed by atoms with E-state index in [4.69, 9.17) is 10.5 Å². The summed E-state index contributed by atoms with van der Waals surface area (Å²) in [5.41, 5.74) is 6.62. The Kier molecular flexibility index (Phi) is 4.93. The van der Waals surface area contributed by atoms with Gasteiger partial charge in [0.25, 0.3) is 0 Å². The largest absolute Gasteiger partial charge is 0.374 e. The summed E-state index contributed by atoms with van der Waals surface area (Å²) in [6.07, 6.45) is 1.36. The van der Waals surface area contributed by atoms with Gasteiger partial charge >= 0.3 is 0 Å². The van der Waals surface area contributed by atoms with E-state index in [1.54, 1.807) is 0 Å². The van der Waals surface area contributed by atoms with E-state index < -0.39 is 0 Å². The maximum absolute atomic E-state index is 12.3. The van der Waals surface area contributed by atoms with Crippen LogP contribution in [-0.4, -0.2) is 36.6 Å². The minimum atomic E-state index is 0.0303. The van der Waals surface area contributed by atoms with Crippen molar-refractivity contribution in [3.8, 4) is 0 Å². The maximum Gasteiger partial charge on any atom is 0.223 e. The van der Waals surface area contributed by atoms with Gasteiger partial charge in [0.05, 0.1) is 18.8 Å². The summed E-state index contributed by atoms with van der Waals surface area (Å²) in [5.74, 6) is 0.175. The number of hydrogen-bond donors (Lipinski definition) is 1. The lowest BCUT2D eigenvalue weighted by Crippen LogP contribution is -2.46. The average molecular weight is 262 g/mol. The molecule has 0 saturated carbocycles. The number of rotatable bonds is 4. The molecular formula is C15H22N2O2. The first-order valence-corrected chi connectivity index (χ1v) is 6.88. The van der Waals surface area contributed by atoms with Gasteiger partial charge < -0.3 is 15.4 Å². The normalized spacial score (nSPS) is 23.4. The Morgan fingerprint density at radius 1 is 1.42 bits per heavy atom. The molecule has 2 atom stereocenters. The van der Waals surface area contributed by atoms with Crippen molar-refractivity contribution in [3.05, 3.63) is 35.9 Å². The molecule has 0 bridgehead atoms. The first-order chi connectivity index (χ1) is 9.22. The zero-order chi connectivity index (χ0) is 13.7. The van der Waals surface area contributed by atoms with Crippen LogP contribution in [-0.2, 0) is 9.53 Å². The molecule has 0 radical (unpaired) electrons. The van der Waals surface area contributed by atoms with Crippen molar-refractivity contribution in [1.29, 1.82) is 0 Å². The minimum absolute atomic E-state index is 0.0303. The molecule has 2 unspecified atom stereocenters. The molecule has 1 fully saturated rings. The Morgan fingerprint density at radius 2 is 2.16 bits per heavy atom. The second kappa shape index (κ2) is 6.68. The van der Waals surface area contributed by atoms with E-state index in [9.17, 15) is 4.79 Å². The van der Waals surface area contributed by atoms with Crippen molar-refractivity contribution in [2.24, 2.45) is 5.73 Å². The van der Waals surface area contributed by atoms with E-state index >= 15 is 0 Å². The van der Waals surface area contributed by atoms with Crippen LogP contribution in [0.15, 0.2) is 30.3 Å². The number of carbonyl (C=O) groups excluding carboxylic acids is 1. The zero-order valence-corrected chi connectivity index (χ0v) is 11.4. The first-order valence-electron chi connectivity index (χ1n) is 6.88. The van der Waals surface area contributed by atoms with Gasteiger partial charge in [-0.3, -0.25) is 4.79 Å². The number of nitrogens with two attached hydrogens (primary N) is 1. The van der Waals surface area contributed by atoms with Crippen molar-refractivity contribution in [2.75, 3.05) is 19.7 Å². The third-order valence-corrected chi connectivity index (χ3v) is 3.47. The fourth-order valence-electron chi connectivity index (χ4n) is 2.43. The third-order valence-electron chi connectivity index (χ3n) is 3.47. The molecule has 1 heterocycles. The van der Waals surface area contributed by atoms with Gasteiger partial charge in [0.15, 0.2) is 0 Å². The molecule has 0 aliphatic carbocycles. The van der Waals surface area contributed by atoms with Crippen molar-refractivity contribution in [3.63, 3.8) is 0 Å². The molecule has 1 aromatic carbocycles. The number of ether oxygens (including phenoxy) is 1. The van der Waals surface area contributed by atoms with E-state index in [0.29, 0.717) is 26.1 Å². The van der Waals surface area contributed by atoms with Gasteiger partial charge in [0.2, 0.25) is 5.91 Å². The SMILES string of the molecule is CC1CN(C(=O)CCCN)C(c2ccccc2)CO1. The van der Waals surface area contributed by atoms with Crippen LogP contribution in [0.1, 0.15) is 31.4 Å². The molecule has 2 N–H and O–H groups in total. The minimum Gasteiger partial charge on any atom is -0.374 e. The number of amides is 1. The highest BCUT2D eigenvalue weighted by Crippen LogP contribution is 2.26. The van der Waals surface area contributed by atoms with Crippen LogP contribution in [0.4, 0.5) is 0 Å². The smallest absolute Gasteiger partial charge is 0.223 e. The Labute approximate surface area is 114 Å². The molecule has 4 nitrogen and oxygen atoms in total. The average Bonchev–Trinajstić information content (AvgIpc) is 2.45. The quantitative estimate of drug-likeness (QED) is 0.898. The van der Waals surface area contributed by atoms with E-state index in [-0.39, 0.29) is 18.1 Å². The molecule has 4 heteroatoms. The van der Waals surface area contributed by atoms with Crippen molar-refractivity contribution in [2.45, 2.75) is 31.9 Å². The van der Waals surface area contributed by atoms with Crippen LogP contribution < -0.4 is 5.73 Å². The lowest BCUT2D eigenvalue weighted by molar-refractivity contribution is -0.144. The van der Waals surface area contributed by atoms with Gasteiger partial charge in [-0.15, -0.1) is 0 Å². The Balaban J connectivity index is 2.13. The summed E-state index contributed by atoms with van der Waals surface area (Å²) < 4.78 is 5.71. The number of benzene rings is 1. The molecule has 0 spiro atoms. The third kappa shape index (κ3) is 3.55. The molecule has 2 rings (SSSR count). The van der Waals surface area contributed by atoms with Crippen molar-refractivity contribution in [1.82, 2.24) is 4.90 Å². The van der Waals surface area contributed by atoms with E-state index in [1.807, 2.05) is 42.2 Å². The van der Waals surface area contributed by atoms with Crippen molar-refractivity contribution < 1.29 is 9.53 Å². The van der Waals surface area contributed by atoms with Gasteiger partial charge in [-0.25, -0.2) is 0 Å². The lowest BCUT2D eigenvalue weighted by Gasteiger charge is -2.39. The van der Waals surface area contributed by atoms with Crippen LogP contribution in [0, 0.1) is 0 Å². The summed E-state index contributed by atoms with van der Waals surface area (Å²) >= 11 is 0. The summed E-state index contributed by atoms with van der Waals surface area (Å²) in [6, 6.07) is 10.1. The van der Waals surface area contributed by atoms with E-state index in [1.165, 1.54) is 0 Å². The van der Waals surface area contributed by atoms with Gasteiger partial charge in [-0.05, 0) is 25.5 Å². The molecule has 1 aliphatic heterocycles.